The first-order valence-electron chi connectivity index (χ1n) is 9.42. The first-order valence-corrected chi connectivity index (χ1v) is 10.6. The maximum absolute atomic E-state index is 13.2. The molecule has 3 rings (SSSR count). The summed E-state index contributed by atoms with van der Waals surface area (Å²) >= 11 is 1.74. The van der Waals surface area contributed by atoms with E-state index in [9.17, 15) is 19.8 Å². The normalized spacial score (nSPS) is 16.5. The molecule has 0 saturated carbocycles. The third kappa shape index (κ3) is 4.89. The number of phenols is 1. The standard InChI is InChI=1S/C21H24N2O5S/c1-14(25)20-18(26)5-2-6-19(20)28-12-15-13-29-11-9-23(15)21(27)16-4-3-8-22-17(16)7-10-24/h2-6,8,15,24,26H,7,9-13H2,1H3/t15-/m0/s1. The summed E-state index contributed by atoms with van der Waals surface area (Å²) in [7, 11) is 0. The predicted molar refractivity (Wildman–Crippen MR) is 111 cm³/mol. The fraction of sp³-hybridized carbons (Fsp3) is 0.381. The molecule has 154 valence electrons. The molecule has 1 aromatic carbocycles. The summed E-state index contributed by atoms with van der Waals surface area (Å²) in [5, 5.41) is 19.2. The number of Topliss-reactive ketones (excluding diaryl/α,β-unsaturated/α-hetero) is 1. The zero-order valence-corrected chi connectivity index (χ0v) is 17.0. The van der Waals surface area contributed by atoms with Gasteiger partial charge in [-0.15, -0.1) is 0 Å². The summed E-state index contributed by atoms with van der Waals surface area (Å²) < 4.78 is 5.87. The van der Waals surface area contributed by atoms with Crippen LogP contribution in [0.3, 0.4) is 0 Å². The highest BCUT2D eigenvalue weighted by atomic mass is 32.2. The Labute approximate surface area is 173 Å². The zero-order chi connectivity index (χ0) is 20.8. The van der Waals surface area contributed by atoms with E-state index in [1.165, 1.54) is 13.0 Å². The van der Waals surface area contributed by atoms with E-state index in [2.05, 4.69) is 4.98 Å². The van der Waals surface area contributed by atoms with Crippen LogP contribution in [0.25, 0.3) is 0 Å². The Kier molecular flexibility index (Phi) is 7.11. The maximum Gasteiger partial charge on any atom is 0.256 e. The van der Waals surface area contributed by atoms with Crippen molar-refractivity contribution in [1.29, 1.82) is 0 Å². The molecule has 1 amide bonds. The van der Waals surface area contributed by atoms with Crippen molar-refractivity contribution in [3.8, 4) is 11.5 Å². The number of rotatable bonds is 7. The second-order valence-corrected chi connectivity index (χ2v) is 7.87. The molecule has 1 saturated heterocycles. The number of benzene rings is 1. The topological polar surface area (TPSA) is 100.0 Å². The van der Waals surface area contributed by atoms with Crippen LogP contribution in [0.1, 0.15) is 33.3 Å². The molecule has 7 nitrogen and oxygen atoms in total. The van der Waals surface area contributed by atoms with Gasteiger partial charge in [0.2, 0.25) is 0 Å². The molecule has 1 aliphatic heterocycles. The van der Waals surface area contributed by atoms with E-state index in [0.29, 0.717) is 35.7 Å². The van der Waals surface area contributed by atoms with Gasteiger partial charge in [-0.3, -0.25) is 14.6 Å². The van der Waals surface area contributed by atoms with Crippen LogP contribution >= 0.6 is 11.8 Å². The third-order valence-electron chi connectivity index (χ3n) is 4.75. The van der Waals surface area contributed by atoms with Gasteiger partial charge in [-0.2, -0.15) is 11.8 Å². The number of aromatic nitrogens is 1. The first-order chi connectivity index (χ1) is 14.0. The number of ether oxygens (including phenoxy) is 1. The van der Waals surface area contributed by atoms with E-state index < -0.39 is 0 Å². The number of aromatic hydroxyl groups is 1. The SMILES string of the molecule is CC(=O)c1c(O)cccc1OC[C@H]1CSCCN1C(=O)c1cccnc1CCO. The highest BCUT2D eigenvalue weighted by Crippen LogP contribution is 2.29. The van der Waals surface area contributed by atoms with Gasteiger partial charge in [-0.1, -0.05) is 6.07 Å². The highest BCUT2D eigenvalue weighted by molar-refractivity contribution is 7.99. The number of hydrogen-bond donors (Lipinski definition) is 2. The maximum atomic E-state index is 13.2. The van der Waals surface area contributed by atoms with Gasteiger partial charge >= 0.3 is 0 Å². The highest BCUT2D eigenvalue weighted by Gasteiger charge is 2.30. The Morgan fingerprint density at radius 3 is 2.90 bits per heavy atom. The molecule has 29 heavy (non-hydrogen) atoms. The van der Waals surface area contributed by atoms with Crippen LogP contribution in [0.4, 0.5) is 0 Å². The molecule has 0 radical (unpaired) electrons. The molecule has 0 bridgehead atoms. The summed E-state index contributed by atoms with van der Waals surface area (Å²) in [6.45, 7) is 2.08. The average Bonchev–Trinajstić information content (AvgIpc) is 2.72. The number of ketones is 1. The number of carbonyl (C=O) groups is 2. The molecule has 2 heterocycles. The van der Waals surface area contributed by atoms with Crippen molar-refractivity contribution >= 4 is 23.5 Å². The number of amides is 1. The van der Waals surface area contributed by atoms with E-state index in [1.54, 1.807) is 47.1 Å². The Bertz CT molecular complexity index is 889. The Hall–Kier alpha value is -2.58. The van der Waals surface area contributed by atoms with Crippen molar-refractivity contribution in [3.63, 3.8) is 0 Å². The van der Waals surface area contributed by atoms with E-state index in [0.717, 1.165) is 5.75 Å². The Balaban J connectivity index is 1.78. The van der Waals surface area contributed by atoms with Gasteiger partial charge in [-0.05, 0) is 31.2 Å². The molecule has 1 atom stereocenters. The molecule has 0 unspecified atom stereocenters. The van der Waals surface area contributed by atoms with Crippen molar-refractivity contribution in [1.82, 2.24) is 9.88 Å². The molecule has 2 aromatic rings. The van der Waals surface area contributed by atoms with Crippen molar-refractivity contribution in [2.24, 2.45) is 0 Å². The molecule has 0 spiro atoms. The minimum atomic E-state index is -0.284. The number of phenolic OH excluding ortho intramolecular Hbond substituents is 1. The summed E-state index contributed by atoms with van der Waals surface area (Å²) in [6, 6.07) is 7.95. The molecule has 0 aliphatic carbocycles. The van der Waals surface area contributed by atoms with Crippen molar-refractivity contribution < 1.29 is 24.5 Å². The van der Waals surface area contributed by atoms with Crippen LogP contribution in [-0.2, 0) is 6.42 Å². The number of thioether (sulfide) groups is 1. The number of carbonyl (C=O) groups excluding carboxylic acids is 2. The summed E-state index contributed by atoms with van der Waals surface area (Å²) in [5.41, 5.74) is 1.20. The predicted octanol–water partition coefficient (Wildman–Crippen LogP) is 2.16. The number of hydrogen-bond acceptors (Lipinski definition) is 7. The lowest BCUT2D eigenvalue weighted by atomic mass is 10.1. The monoisotopic (exact) mass is 416 g/mol. The quantitative estimate of drug-likeness (QED) is 0.667. The van der Waals surface area contributed by atoms with Gasteiger partial charge in [0.25, 0.3) is 5.91 Å². The number of aliphatic hydroxyl groups excluding tert-OH is 1. The van der Waals surface area contributed by atoms with Crippen LogP contribution < -0.4 is 4.74 Å². The van der Waals surface area contributed by atoms with Crippen molar-refractivity contribution in [2.45, 2.75) is 19.4 Å². The van der Waals surface area contributed by atoms with Crippen molar-refractivity contribution in [2.75, 3.05) is 31.3 Å². The Morgan fingerprint density at radius 2 is 2.14 bits per heavy atom. The first kappa shape index (κ1) is 21.1. The summed E-state index contributed by atoms with van der Waals surface area (Å²) in [4.78, 5) is 31.1. The second-order valence-electron chi connectivity index (χ2n) is 6.72. The summed E-state index contributed by atoms with van der Waals surface area (Å²) in [6.07, 6.45) is 1.93. The third-order valence-corrected chi connectivity index (χ3v) is 5.84. The van der Waals surface area contributed by atoms with Crippen LogP contribution in [0, 0.1) is 0 Å². The van der Waals surface area contributed by atoms with Crippen LogP contribution in [0.5, 0.6) is 11.5 Å². The lowest BCUT2D eigenvalue weighted by Crippen LogP contribution is -2.49. The van der Waals surface area contributed by atoms with E-state index >= 15 is 0 Å². The molecule has 1 fully saturated rings. The fourth-order valence-electron chi connectivity index (χ4n) is 3.33. The minimum Gasteiger partial charge on any atom is -0.507 e. The van der Waals surface area contributed by atoms with Gasteiger partial charge in [0.1, 0.15) is 23.7 Å². The molecular formula is C21H24N2O5S. The lowest BCUT2D eigenvalue weighted by molar-refractivity contribution is 0.0644. The second kappa shape index (κ2) is 9.76. The van der Waals surface area contributed by atoms with E-state index in [-0.39, 0.29) is 42.3 Å². The van der Waals surface area contributed by atoms with Gasteiger partial charge in [0.15, 0.2) is 5.78 Å². The van der Waals surface area contributed by atoms with E-state index in [4.69, 9.17) is 4.74 Å². The van der Waals surface area contributed by atoms with Gasteiger partial charge in [-0.25, -0.2) is 0 Å². The van der Waals surface area contributed by atoms with Crippen LogP contribution in [-0.4, -0.2) is 69.1 Å². The number of pyridine rings is 1. The molecule has 1 aliphatic rings. The van der Waals surface area contributed by atoms with Gasteiger partial charge in [0.05, 0.1) is 17.3 Å². The van der Waals surface area contributed by atoms with Crippen LogP contribution in [0.2, 0.25) is 0 Å². The summed E-state index contributed by atoms with van der Waals surface area (Å²) in [5.74, 6) is 1.29. The molecular weight excluding hydrogens is 392 g/mol. The molecule has 2 N–H and O–H groups in total. The van der Waals surface area contributed by atoms with Gasteiger partial charge in [0, 0.05) is 37.3 Å². The van der Waals surface area contributed by atoms with E-state index in [1.807, 2.05) is 0 Å². The lowest BCUT2D eigenvalue weighted by Gasteiger charge is -2.35. The molecule has 1 aromatic heterocycles. The molecule has 8 heteroatoms. The number of aliphatic hydroxyl groups is 1. The zero-order valence-electron chi connectivity index (χ0n) is 16.2. The van der Waals surface area contributed by atoms with Gasteiger partial charge < -0.3 is 19.8 Å². The van der Waals surface area contributed by atoms with Crippen molar-refractivity contribution in [3.05, 3.63) is 53.3 Å². The largest absolute Gasteiger partial charge is 0.507 e. The van der Waals surface area contributed by atoms with Crippen LogP contribution in [0.15, 0.2) is 36.5 Å². The minimum absolute atomic E-state index is 0.0784. The average molecular weight is 416 g/mol. The fourth-order valence-corrected chi connectivity index (χ4v) is 4.37. The Morgan fingerprint density at radius 1 is 1.31 bits per heavy atom. The smallest absolute Gasteiger partial charge is 0.256 e. The number of nitrogens with zero attached hydrogens (tertiary/aromatic N) is 2.